The van der Waals surface area contributed by atoms with Crippen LogP contribution < -0.4 is 5.73 Å². The van der Waals surface area contributed by atoms with Crippen LogP contribution in [0.3, 0.4) is 0 Å². The number of aromatic nitrogens is 2. The van der Waals surface area contributed by atoms with Gasteiger partial charge in [-0.3, -0.25) is 0 Å². The first-order valence-corrected chi connectivity index (χ1v) is 5.66. The van der Waals surface area contributed by atoms with Gasteiger partial charge >= 0.3 is 0 Å². The molecule has 3 heteroatoms. The highest BCUT2D eigenvalue weighted by molar-refractivity contribution is 5.34. The summed E-state index contributed by atoms with van der Waals surface area (Å²) < 4.78 is 0. The fourth-order valence-corrected chi connectivity index (χ4v) is 2.33. The summed E-state index contributed by atoms with van der Waals surface area (Å²) in [6.45, 7) is 6.75. The maximum Gasteiger partial charge on any atom is 0.220 e. The predicted octanol–water partition coefficient (Wildman–Crippen LogP) is 2.14. The van der Waals surface area contributed by atoms with Crippen LogP contribution in [-0.2, 0) is 19.3 Å². The molecule has 2 N–H and O–H groups in total. The number of nitrogen functional groups attached to an aromatic ring is 1. The van der Waals surface area contributed by atoms with Crippen molar-refractivity contribution in [3.63, 3.8) is 0 Å². The predicted molar refractivity (Wildman–Crippen MR) is 61.6 cm³/mol. The van der Waals surface area contributed by atoms with Gasteiger partial charge in [0.1, 0.15) is 0 Å². The molecule has 0 saturated heterocycles. The summed E-state index contributed by atoms with van der Waals surface area (Å²) in [7, 11) is 0. The van der Waals surface area contributed by atoms with Gasteiger partial charge in [-0.05, 0) is 36.7 Å². The summed E-state index contributed by atoms with van der Waals surface area (Å²) in [5.41, 5.74) is 9.76. The molecule has 2 rings (SSSR count). The summed E-state index contributed by atoms with van der Waals surface area (Å²) >= 11 is 0. The Morgan fingerprint density at radius 1 is 1.33 bits per heavy atom. The highest BCUT2D eigenvalue weighted by atomic mass is 15.0. The Kier molecular flexibility index (Phi) is 2.41. The van der Waals surface area contributed by atoms with E-state index >= 15 is 0 Å². The molecule has 3 nitrogen and oxygen atoms in total. The van der Waals surface area contributed by atoms with Gasteiger partial charge in [0.15, 0.2) is 0 Å². The number of hydrogen-bond acceptors (Lipinski definition) is 3. The minimum absolute atomic E-state index is 0.385. The number of fused-ring (bicyclic) bond motifs is 1. The first-order chi connectivity index (χ1) is 7.02. The van der Waals surface area contributed by atoms with Crippen molar-refractivity contribution < 1.29 is 0 Å². The van der Waals surface area contributed by atoms with Gasteiger partial charge in [-0.25, -0.2) is 9.97 Å². The van der Waals surface area contributed by atoms with Crippen LogP contribution in [0.15, 0.2) is 0 Å². The van der Waals surface area contributed by atoms with Crippen molar-refractivity contribution in [1.29, 1.82) is 0 Å². The van der Waals surface area contributed by atoms with Crippen LogP contribution >= 0.6 is 0 Å². The molecule has 0 saturated carbocycles. The minimum Gasteiger partial charge on any atom is -0.368 e. The Balaban J connectivity index is 2.48. The number of nitrogens with two attached hydrogens (primary N) is 1. The molecule has 0 aromatic carbocycles. The Morgan fingerprint density at radius 2 is 2.07 bits per heavy atom. The molecule has 1 aliphatic carbocycles. The van der Waals surface area contributed by atoms with E-state index in [-0.39, 0.29) is 0 Å². The standard InChI is InChI=1S/C12H19N3/c1-4-9-8-7-12(2,3)6-5-10(8)15-11(13)14-9/h4-7H2,1-3H3,(H2,13,14,15). The third kappa shape index (κ3) is 1.96. The lowest BCUT2D eigenvalue weighted by molar-refractivity contribution is 0.310. The first-order valence-electron chi connectivity index (χ1n) is 5.66. The maximum atomic E-state index is 5.70. The molecule has 0 amide bonds. The molecule has 0 bridgehead atoms. The third-order valence-electron chi connectivity index (χ3n) is 3.22. The van der Waals surface area contributed by atoms with Crippen LogP contribution in [0.25, 0.3) is 0 Å². The van der Waals surface area contributed by atoms with E-state index < -0.39 is 0 Å². The van der Waals surface area contributed by atoms with Crippen molar-refractivity contribution >= 4 is 5.95 Å². The molecule has 0 radical (unpaired) electrons. The number of hydrogen-bond donors (Lipinski definition) is 1. The quantitative estimate of drug-likeness (QED) is 0.764. The van der Waals surface area contributed by atoms with Crippen LogP contribution in [0.5, 0.6) is 0 Å². The average Bonchev–Trinajstić information content (AvgIpc) is 2.17. The van der Waals surface area contributed by atoms with Crippen LogP contribution in [0.4, 0.5) is 5.95 Å². The van der Waals surface area contributed by atoms with Crippen LogP contribution in [-0.4, -0.2) is 9.97 Å². The maximum absolute atomic E-state index is 5.70. The van der Waals surface area contributed by atoms with Crippen molar-refractivity contribution in [2.24, 2.45) is 5.41 Å². The molecule has 1 aromatic heterocycles. The first kappa shape index (κ1) is 10.4. The van der Waals surface area contributed by atoms with Crippen LogP contribution in [0, 0.1) is 5.41 Å². The fraction of sp³-hybridized carbons (Fsp3) is 0.667. The summed E-state index contributed by atoms with van der Waals surface area (Å²) in [6, 6.07) is 0. The molecule has 1 aliphatic rings. The normalized spacial score (nSPS) is 18.6. The van der Waals surface area contributed by atoms with Crippen molar-refractivity contribution in [1.82, 2.24) is 9.97 Å². The van der Waals surface area contributed by atoms with Crippen molar-refractivity contribution in [3.05, 3.63) is 17.0 Å². The molecule has 1 heterocycles. The van der Waals surface area contributed by atoms with Gasteiger partial charge in [0, 0.05) is 11.4 Å². The average molecular weight is 205 g/mol. The lowest BCUT2D eigenvalue weighted by Gasteiger charge is -2.31. The molecular formula is C12H19N3. The lowest BCUT2D eigenvalue weighted by Crippen LogP contribution is -2.25. The van der Waals surface area contributed by atoms with Crippen LogP contribution in [0.2, 0.25) is 0 Å². The summed E-state index contributed by atoms with van der Waals surface area (Å²) in [6.07, 6.45) is 4.28. The molecule has 0 spiro atoms. The second kappa shape index (κ2) is 3.47. The van der Waals surface area contributed by atoms with Gasteiger partial charge in [0.2, 0.25) is 5.95 Å². The zero-order chi connectivity index (χ0) is 11.1. The molecule has 0 aliphatic heterocycles. The van der Waals surface area contributed by atoms with E-state index in [9.17, 15) is 0 Å². The number of anilines is 1. The number of nitrogens with zero attached hydrogens (tertiary/aromatic N) is 2. The van der Waals surface area contributed by atoms with Gasteiger partial charge in [-0.2, -0.15) is 0 Å². The van der Waals surface area contributed by atoms with Crippen LogP contribution in [0.1, 0.15) is 44.1 Å². The molecule has 82 valence electrons. The van der Waals surface area contributed by atoms with Gasteiger partial charge in [0.05, 0.1) is 0 Å². The molecular weight excluding hydrogens is 186 g/mol. The Labute approximate surface area is 91.1 Å². The number of aryl methyl sites for hydroxylation is 2. The molecule has 15 heavy (non-hydrogen) atoms. The Morgan fingerprint density at radius 3 is 2.73 bits per heavy atom. The summed E-state index contributed by atoms with van der Waals surface area (Å²) in [5, 5.41) is 0. The van der Waals surface area contributed by atoms with Crippen molar-refractivity contribution in [3.8, 4) is 0 Å². The number of rotatable bonds is 1. The van der Waals surface area contributed by atoms with Crippen molar-refractivity contribution in [2.75, 3.05) is 5.73 Å². The zero-order valence-electron chi connectivity index (χ0n) is 9.80. The summed E-state index contributed by atoms with van der Waals surface area (Å²) in [4.78, 5) is 8.69. The van der Waals surface area contributed by atoms with E-state index in [4.69, 9.17) is 5.73 Å². The van der Waals surface area contributed by atoms with E-state index in [1.807, 2.05) is 0 Å². The highest BCUT2D eigenvalue weighted by Gasteiger charge is 2.28. The lowest BCUT2D eigenvalue weighted by atomic mass is 9.75. The zero-order valence-corrected chi connectivity index (χ0v) is 9.80. The van der Waals surface area contributed by atoms with Gasteiger partial charge in [-0.1, -0.05) is 20.8 Å². The Hall–Kier alpha value is -1.12. The second-order valence-electron chi connectivity index (χ2n) is 5.15. The monoisotopic (exact) mass is 205 g/mol. The smallest absolute Gasteiger partial charge is 0.220 e. The topological polar surface area (TPSA) is 51.8 Å². The van der Waals surface area contributed by atoms with E-state index in [2.05, 4.69) is 30.7 Å². The highest BCUT2D eigenvalue weighted by Crippen LogP contribution is 2.35. The fourth-order valence-electron chi connectivity index (χ4n) is 2.33. The molecule has 0 fully saturated rings. The molecule has 1 aromatic rings. The van der Waals surface area contributed by atoms with E-state index in [1.54, 1.807) is 0 Å². The second-order valence-corrected chi connectivity index (χ2v) is 5.15. The van der Waals surface area contributed by atoms with Gasteiger partial charge in [0.25, 0.3) is 0 Å². The SMILES string of the molecule is CCc1nc(N)nc2c1CC(C)(C)CC2. The largest absolute Gasteiger partial charge is 0.368 e. The Bertz CT molecular complexity index is 365. The van der Waals surface area contributed by atoms with E-state index in [0.717, 1.165) is 25.0 Å². The van der Waals surface area contributed by atoms with E-state index in [1.165, 1.54) is 17.7 Å². The molecule has 0 atom stereocenters. The van der Waals surface area contributed by atoms with E-state index in [0.29, 0.717) is 11.4 Å². The van der Waals surface area contributed by atoms with Crippen molar-refractivity contribution in [2.45, 2.75) is 46.5 Å². The van der Waals surface area contributed by atoms with Gasteiger partial charge in [-0.15, -0.1) is 0 Å². The molecule has 0 unspecified atom stereocenters. The summed E-state index contributed by atoms with van der Waals surface area (Å²) in [5.74, 6) is 0.435. The third-order valence-corrected chi connectivity index (χ3v) is 3.22. The minimum atomic E-state index is 0.385. The van der Waals surface area contributed by atoms with Gasteiger partial charge < -0.3 is 5.73 Å².